The highest BCUT2D eigenvalue weighted by molar-refractivity contribution is 5.96. The van der Waals surface area contributed by atoms with Crippen LogP contribution in [0.15, 0.2) is 60.8 Å². The minimum atomic E-state index is -1.39. The third-order valence-corrected chi connectivity index (χ3v) is 6.73. The molecule has 42 heavy (non-hydrogen) atoms. The molecule has 3 aromatic rings. The van der Waals surface area contributed by atoms with E-state index in [2.05, 4.69) is 20.9 Å². The number of aliphatic carboxylic acids is 1. The molecule has 0 aliphatic rings. The second-order valence-corrected chi connectivity index (χ2v) is 10.7. The molecule has 1 aromatic heterocycles. The number of nitrogens with two attached hydrogens (primary N) is 2. The zero-order valence-corrected chi connectivity index (χ0v) is 23.6. The summed E-state index contributed by atoms with van der Waals surface area (Å²) in [7, 11) is 0. The first kappa shape index (κ1) is 31.8. The Balaban J connectivity index is 1.71. The first-order valence-electron chi connectivity index (χ1n) is 13.7. The molecule has 4 unspecified atom stereocenters. The molecule has 3 rings (SSSR count). The molecule has 0 aliphatic carbocycles. The fourth-order valence-electron chi connectivity index (χ4n) is 4.62. The number of aromatic nitrogens is 1. The number of rotatable bonds is 15. The first-order valence-corrected chi connectivity index (χ1v) is 13.7. The van der Waals surface area contributed by atoms with Crippen LogP contribution in [0, 0.1) is 5.92 Å². The van der Waals surface area contributed by atoms with Gasteiger partial charge in [0.05, 0.1) is 12.5 Å². The van der Waals surface area contributed by atoms with Gasteiger partial charge in [0.1, 0.15) is 18.1 Å². The number of hydrogen-bond acceptors (Lipinski definition) is 6. The molecule has 0 spiro atoms. The topological polar surface area (TPSA) is 209 Å². The molecule has 1 heterocycles. The van der Waals surface area contributed by atoms with Crippen LogP contribution in [-0.2, 0) is 36.8 Å². The van der Waals surface area contributed by atoms with Crippen molar-refractivity contribution >= 4 is 40.5 Å². The normalized spacial score (nSPS) is 14.0. The van der Waals surface area contributed by atoms with Gasteiger partial charge in [0.15, 0.2) is 0 Å². The number of carboxylic acid groups (broad SMARTS) is 1. The van der Waals surface area contributed by atoms with Crippen LogP contribution in [0.5, 0.6) is 0 Å². The lowest BCUT2D eigenvalue weighted by Gasteiger charge is -2.25. The maximum absolute atomic E-state index is 13.3. The Kier molecular flexibility index (Phi) is 11.2. The van der Waals surface area contributed by atoms with Gasteiger partial charge < -0.3 is 37.5 Å². The number of primary amides is 1. The van der Waals surface area contributed by atoms with E-state index in [0.29, 0.717) is 5.56 Å². The number of amides is 4. The minimum absolute atomic E-state index is 0.00704. The standard InChI is InChI=1S/C30H38N6O6/c1-17(2)12-23(28(39)36-25(30(41)42)14-19-16-33-22-11-7-6-10-20(19)22)35-29(40)24(15-26(32)37)34-27(38)21(31)13-18-8-4-3-5-9-18/h3-11,16-17,21,23-25,33H,12-15,31H2,1-2H3,(H2,32,37)(H,34,38)(H,35,40)(H,36,39)(H,41,42). The van der Waals surface area contributed by atoms with Crippen LogP contribution in [0.3, 0.4) is 0 Å². The van der Waals surface area contributed by atoms with Gasteiger partial charge in [-0.3, -0.25) is 19.2 Å². The van der Waals surface area contributed by atoms with Gasteiger partial charge in [-0.05, 0) is 36.0 Å². The second-order valence-electron chi connectivity index (χ2n) is 10.7. The molecule has 12 heteroatoms. The number of carbonyl (C=O) groups is 5. The molecule has 4 atom stereocenters. The summed E-state index contributed by atoms with van der Waals surface area (Å²) in [5.74, 6) is -4.36. The minimum Gasteiger partial charge on any atom is -0.480 e. The van der Waals surface area contributed by atoms with Gasteiger partial charge in [0, 0.05) is 23.5 Å². The summed E-state index contributed by atoms with van der Waals surface area (Å²) in [5.41, 5.74) is 13.7. The zero-order chi connectivity index (χ0) is 30.8. The van der Waals surface area contributed by atoms with E-state index in [1.165, 1.54) is 0 Å². The van der Waals surface area contributed by atoms with Gasteiger partial charge in [-0.25, -0.2) is 4.79 Å². The van der Waals surface area contributed by atoms with Crippen molar-refractivity contribution < 1.29 is 29.1 Å². The van der Waals surface area contributed by atoms with Crippen LogP contribution < -0.4 is 27.4 Å². The number of fused-ring (bicyclic) bond motifs is 1. The Morgan fingerprint density at radius 3 is 2.05 bits per heavy atom. The third-order valence-electron chi connectivity index (χ3n) is 6.73. The van der Waals surface area contributed by atoms with Gasteiger partial charge in [0.25, 0.3) is 0 Å². The average Bonchev–Trinajstić information content (AvgIpc) is 3.34. The lowest BCUT2D eigenvalue weighted by molar-refractivity contribution is -0.142. The summed E-state index contributed by atoms with van der Waals surface area (Å²) >= 11 is 0. The zero-order valence-electron chi connectivity index (χ0n) is 23.6. The van der Waals surface area contributed by atoms with Crippen LogP contribution in [0.1, 0.15) is 37.8 Å². The van der Waals surface area contributed by atoms with E-state index in [1.807, 2.05) is 44.2 Å². The molecule has 2 aromatic carbocycles. The molecule has 0 fully saturated rings. The van der Waals surface area contributed by atoms with Crippen molar-refractivity contribution in [3.63, 3.8) is 0 Å². The molecular formula is C30H38N6O6. The van der Waals surface area contributed by atoms with E-state index in [0.717, 1.165) is 16.5 Å². The fraction of sp³-hybridized carbons (Fsp3) is 0.367. The maximum Gasteiger partial charge on any atom is 0.326 e. The summed E-state index contributed by atoms with van der Waals surface area (Å²) in [6, 6.07) is 11.6. The van der Waals surface area contributed by atoms with Crippen molar-refractivity contribution in [3.05, 3.63) is 71.9 Å². The van der Waals surface area contributed by atoms with Gasteiger partial charge in [-0.15, -0.1) is 0 Å². The Hall–Kier alpha value is -4.71. The van der Waals surface area contributed by atoms with Crippen molar-refractivity contribution in [2.75, 3.05) is 0 Å². The second kappa shape index (κ2) is 14.8. The van der Waals surface area contributed by atoms with E-state index < -0.39 is 60.2 Å². The van der Waals surface area contributed by atoms with Crippen LogP contribution in [0.4, 0.5) is 0 Å². The van der Waals surface area contributed by atoms with Gasteiger partial charge in [-0.1, -0.05) is 62.4 Å². The summed E-state index contributed by atoms with van der Waals surface area (Å²) in [5, 5.41) is 18.3. The van der Waals surface area contributed by atoms with E-state index in [9.17, 15) is 29.1 Å². The Morgan fingerprint density at radius 1 is 0.810 bits per heavy atom. The summed E-state index contributed by atoms with van der Waals surface area (Å²) in [4.78, 5) is 66.2. The molecule has 0 radical (unpaired) electrons. The number of aromatic amines is 1. The van der Waals surface area contributed by atoms with Crippen LogP contribution in [-0.4, -0.2) is 63.9 Å². The van der Waals surface area contributed by atoms with Crippen LogP contribution >= 0.6 is 0 Å². The molecular weight excluding hydrogens is 540 g/mol. The summed E-state index contributed by atoms with van der Waals surface area (Å²) < 4.78 is 0. The maximum atomic E-state index is 13.3. The number of benzene rings is 2. The quantitative estimate of drug-likeness (QED) is 0.137. The molecule has 12 nitrogen and oxygen atoms in total. The molecule has 0 bridgehead atoms. The van der Waals surface area contributed by atoms with Crippen molar-refractivity contribution in [1.29, 1.82) is 0 Å². The highest BCUT2D eigenvalue weighted by atomic mass is 16.4. The smallest absolute Gasteiger partial charge is 0.326 e. The van der Waals surface area contributed by atoms with Crippen molar-refractivity contribution in [2.24, 2.45) is 17.4 Å². The summed E-state index contributed by atoms with van der Waals surface area (Å²) in [6.45, 7) is 3.66. The Labute approximate surface area is 243 Å². The van der Waals surface area contributed by atoms with Crippen molar-refractivity contribution in [2.45, 2.75) is 63.7 Å². The number of para-hydroxylation sites is 1. The molecule has 4 amide bonds. The lowest BCUT2D eigenvalue weighted by atomic mass is 10.0. The largest absolute Gasteiger partial charge is 0.480 e. The predicted octanol–water partition coefficient (Wildman–Crippen LogP) is 0.741. The monoisotopic (exact) mass is 578 g/mol. The Bertz CT molecular complexity index is 1410. The molecule has 0 aliphatic heterocycles. The lowest BCUT2D eigenvalue weighted by Crippen LogP contribution is -2.58. The number of carbonyl (C=O) groups excluding carboxylic acids is 4. The van der Waals surface area contributed by atoms with Gasteiger partial charge in [-0.2, -0.15) is 0 Å². The van der Waals surface area contributed by atoms with Crippen molar-refractivity contribution in [3.8, 4) is 0 Å². The van der Waals surface area contributed by atoms with Gasteiger partial charge >= 0.3 is 5.97 Å². The van der Waals surface area contributed by atoms with E-state index in [4.69, 9.17) is 11.5 Å². The Morgan fingerprint density at radius 2 is 1.40 bits per heavy atom. The average molecular weight is 579 g/mol. The van der Waals surface area contributed by atoms with E-state index >= 15 is 0 Å². The molecule has 9 N–H and O–H groups in total. The number of nitrogens with one attached hydrogen (secondary N) is 4. The van der Waals surface area contributed by atoms with Crippen LogP contribution in [0.25, 0.3) is 10.9 Å². The summed E-state index contributed by atoms with van der Waals surface area (Å²) in [6.07, 6.45) is 1.54. The first-order chi connectivity index (χ1) is 19.9. The number of hydrogen-bond donors (Lipinski definition) is 7. The van der Waals surface area contributed by atoms with Crippen molar-refractivity contribution in [1.82, 2.24) is 20.9 Å². The van der Waals surface area contributed by atoms with E-state index in [1.54, 1.807) is 30.5 Å². The number of carboxylic acids is 1. The molecule has 224 valence electrons. The van der Waals surface area contributed by atoms with Gasteiger partial charge in [0.2, 0.25) is 23.6 Å². The SMILES string of the molecule is CC(C)CC(NC(=O)C(CC(N)=O)NC(=O)C(N)Cc1ccccc1)C(=O)NC(Cc1c[nH]c2ccccc12)C(=O)O. The predicted molar refractivity (Wildman–Crippen MR) is 157 cm³/mol. The molecule has 0 saturated heterocycles. The van der Waals surface area contributed by atoms with E-state index in [-0.39, 0.29) is 25.2 Å². The number of H-pyrrole nitrogens is 1. The highest BCUT2D eigenvalue weighted by Crippen LogP contribution is 2.19. The molecule has 0 saturated carbocycles. The highest BCUT2D eigenvalue weighted by Gasteiger charge is 2.32. The van der Waals surface area contributed by atoms with Crippen LogP contribution in [0.2, 0.25) is 0 Å². The fourth-order valence-corrected chi connectivity index (χ4v) is 4.62. The third kappa shape index (κ3) is 9.16.